The molecule has 0 heterocycles. The van der Waals surface area contributed by atoms with Gasteiger partial charge in [0, 0.05) is 13.0 Å². The lowest BCUT2D eigenvalue weighted by molar-refractivity contribution is -0.187. The highest BCUT2D eigenvalue weighted by molar-refractivity contribution is 5.81. The van der Waals surface area contributed by atoms with Gasteiger partial charge >= 0.3 is 12.1 Å². The number of aliphatic hydroxyl groups is 3. The first kappa shape index (κ1) is 18.6. The highest BCUT2D eigenvalue weighted by Gasteiger charge is 2.27. The number of aliphatic hydroxyl groups excluding tert-OH is 3. The molecule has 4 N–H and O–H groups in total. The number of nitrogens with one attached hydrogen (secondary N) is 1. The summed E-state index contributed by atoms with van der Waals surface area (Å²) in [7, 11) is 0. The maximum Gasteiger partial charge on any atom is 0.408 e. The summed E-state index contributed by atoms with van der Waals surface area (Å²) < 4.78 is 9.51. The normalized spacial score (nSPS) is 15.9. The monoisotopic (exact) mass is 293 g/mol. The third-order valence-electron chi connectivity index (χ3n) is 2.04. The Morgan fingerprint density at radius 1 is 1.25 bits per heavy atom. The maximum atomic E-state index is 11.7. The average molecular weight is 293 g/mol. The fourth-order valence-corrected chi connectivity index (χ4v) is 1.13. The number of rotatable bonds is 6. The van der Waals surface area contributed by atoms with E-state index in [4.69, 9.17) is 14.9 Å². The molecule has 0 aliphatic carbocycles. The Morgan fingerprint density at radius 3 is 2.20 bits per heavy atom. The summed E-state index contributed by atoms with van der Waals surface area (Å²) in [6.07, 6.45) is -3.93. The molecule has 0 aromatic heterocycles. The first-order valence-corrected chi connectivity index (χ1v) is 6.24. The number of ether oxygens (including phenoxy) is 2. The highest BCUT2D eigenvalue weighted by atomic mass is 16.6. The highest BCUT2D eigenvalue weighted by Crippen LogP contribution is 2.08. The van der Waals surface area contributed by atoms with Gasteiger partial charge in [-0.3, -0.25) is 0 Å². The van der Waals surface area contributed by atoms with E-state index in [2.05, 4.69) is 10.1 Å². The largest absolute Gasteiger partial charge is 0.444 e. The molecule has 0 fully saturated rings. The van der Waals surface area contributed by atoms with Gasteiger partial charge in [-0.1, -0.05) is 0 Å². The maximum absolute atomic E-state index is 11.7. The fourth-order valence-electron chi connectivity index (χ4n) is 1.13. The van der Waals surface area contributed by atoms with Crippen LogP contribution in [0.1, 0.15) is 34.1 Å². The molecular formula is C12H23NO7. The molecular weight excluding hydrogens is 270 g/mol. The summed E-state index contributed by atoms with van der Waals surface area (Å²) in [4.78, 5) is 23.2. The molecule has 2 unspecified atom stereocenters. The molecule has 1 amide bonds. The standard InChI is InChI=1S/C12H23NO7/c1-7(15)9(16)19-10(17)8(5-6-14)13-11(18)20-12(2,3)4/h7-9,14-16H,5-6H2,1-4H3,(H,13,18)/t7?,8-,9?/m0/s1. The minimum atomic E-state index is -1.70. The van der Waals surface area contributed by atoms with Gasteiger partial charge in [0.15, 0.2) is 0 Å². The zero-order valence-corrected chi connectivity index (χ0v) is 12.1. The third kappa shape index (κ3) is 7.93. The molecule has 0 bridgehead atoms. The summed E-state index contributed by atoms with van der Waals surface area (Å²) in [5.41, 5.74) is -0.739. The lowest BCUT2D eigenvalue weighted by atomic mass is 10.2. The van der Waals surface area contributed by atoms with Gasteiger partial charge in [-0.25, -0.2) is 9.59 Å². The van der Waals surface area contributed by atoms with Gasteiger partial charge in [-0.2, -0.15) is 0 Å². The number of carbonyl (C=O) groups excluding carboxylic acids is 2. The molecule has 3 atom stereocenters. The lowest BCUT2D eigenvalue weighted by Crippen LogP contribution is -2.46. The van der Waals surface area contributed by atoms with Gasteiger partial charge < -0.3 is 30.1 Å². The second-order valence-corrected chi connectivity index (χ2v) is 5.28. The van der Waals surface area contributed by atoms with E-state index in [0.29, 0.717) is 0 Å². The first-order chi connectivity index (χ1) is 9.06. The van der Waals surface area contributed by atoms with Crippen LogP contribution in [0.5, 0.6) is 0 Å². The number of hydrogen-bond donors (Lipinski definition) is 4. The Balaban J connectivity index is 4.56. The van der Waals surface area contributed by atoms with Crippen molar-refractivity contribution in [1.82, 2.24) is 5.32 Å². The van der Waals surface area contributed by atoms with Crippen LogP contribution >= 0.6 is 0 Å². The summed E-state index contributed by atoms with van der Waals surface area (Å²) in [6.45, 7) is 5.83. The summed E-state index contributed by atoms with van der Waals surface area (Å²) in [6, 6.07) is -1.18. The summed E-state index contributed by atoms with van der Waals surface area (Å²) in [5, 5.41) is 29.4. The molecule has 20 heavy (non-hydrogen) atoms. The smallest absolute Gasteiger partial charge is 0.408 e. The van der Waals surface area contributed by atoms with E-state index in [9.17, 15) is 14.7 Å². The summed E-state index contributed by atoms with van der Waals surface area (Å²) >= 11 is 0. The Kier molecular flexibility index (Phi) is 7.48. The zero-order valence-electron chi connectivity index (χ0n) is 12.1. The van der Waals surface area contributed by atoms with E-state index in [1.54, 1.807) is 20.8 Å². The number of carbonyl (C=O) groups is 2. The van der Waals surface area contributed by atoms with E-state index in [0.717, 1.165) is 0 Å². The van der Waals surface area contributed by atoms with Crippen LogP contribution in [0.4, 0.5) is 4.79 Å². The van der Waals surface area contributed by atoms with Gasteiger partial charge in [0.25, 0.3) is 0 Å². The van der Waals surface area contributed by atoms with Crippen LogP contribution < -0.4 is 5.32 Å². The fraction of sp³-hybridized carbons (Fsp3) is 0.833. The molecule has 0 aromatic rings. The predicted octanol–water partition coefficient (Wildman–Crippen LogP) is -0.496. The van der Waals surface area contributed by atoms with Crippen LogP contribution in [0, 0.1) is 0 Å². The van der Waals surface area contributed by atoms with Crippen molar-refractivity contribution >= 4 is 12.1 Å². The molecule has 8 heteroatoms. The minimum absolute atomic E-state index is 0.107. The van der Waals surface area contributed by atoms with Gasteiger partial charge in [-0.05, 0) is 27.7 Å². The van der Waals surface area contributed by atoms with Gasteiger partial charge in [0.05, 0.1) is 0 Å². The van der Waals surface area contributed by atoms with Crippen molar-refractivity contribution < 1.29 is 34.4 Å². The van der Waals surface area contributed by atoms with E-state index in [1.807, 2.05) is 0 Å². The first-order valence-electron chi connectivity index (χ1n) is 6.24. The number of hydrogen-bond acceptors (Lipinski definition) is 7. The van der Waals surface area contributed by atoms with Gasteiger partial charge in [-0.15, -0.1) is 0 Å². The second-order valence-electron chi connectivity index (χ2n) is 5.28. The lowest BCUT2D eigenvalue weighted by Gasteiger charge is -2.23. The molecule has 0 aliphatic heterocycles. The molecule has 118 valence electrons. The molecule has 0 aromatic carbocycles. The molecule has 0 aliphatic rings. The summed E-state index contributed by atoms with van der Waals surface area (Å²) in [5.74, 6) is -0.974. The van der Waals surface area contributed by atoms with Crippen LogP contribution in [0.25, 0.3) is 0 Å². The zero-order chi connectivity index (χ0) is 15.9. The van der Waals surface area contributed by atoms with Crippen molar-refractivity contribution in [3.8, 4) is 0 Å². The van der Waals surface area contributed by atoms with Gasteiger partial charge in [0.2, 0.25) is 6.29 Å². The Bertz CT molecular complexity index is 324. The van der Waals surface area contributed by atoms with Gasteiger partial charge in [0.1, 0.15) is 17.7 Å². The SMILES string of the molecule is CC(O)C(O)OC(=O)[C@H](CCO)NC(=O)OC(C)(C)C. The van der Waals surface area contributed by atoms with Crippen molar-refractivity contribution in [1.29, 1.82) is 0 Å². The third-order valence-corrected chi connectivity index (χ3v) is 2.04. The molecule has 0 saturated heterocycles. The van der Waals surface area contributed by atoms with Crippen molar-refractivity contribution in [3.63, 3.8) is 0 Å². The predicted molar refractivity (Wildman–Crippen MR) is 68.6 cm³/mol. The molecule has 0 rings (SSSR count). The van der Waals surface area contributed by atoms with Crippen molar-refractivity contribution in [3.05, 3.63) is 0 Å². The van der Waals surface area contributed by atoms with E-state index in [1.165, 1.54) is 6.92 Å². The molecule has 8 nitrogen and oxygen atoms in total. The van der Waals surface area contributed by atoms with Crippen LogP contribution in [-0.4, -0.2) is 58.0 Å². The van der Waals surface area contributed by atoms with Crippen LogP contribution in [0.15, 0.2) is 0 Å². The second kappa shape index (κ2) is 8.03. The Morgan fingerprint density at radius 2 is 1.80 bits per heavy atom. The Hall–Kier alpha value is -1.38. The van der Waals surface area contributed by atoms with Crippen LogP contribution in [0.3, 0.4) is 0 Å². The van der Waals surface area contributed by atoms with E-state index < -0.39 is 36.1 Å². The number of esters is 1. The Labute approximate surface area is 117 Å². The van der Waals surface area contributed by atoms with Crippen molar-refractivity contribution in [2.75, 3.05) is 6.61 Å². The number of amides is 1. The molecule has 0 saturated carbocycles. The minimum Gasteiger partial charge on any atom is -0.444 e. The van der Waals surface area contributed by atoms with Crippen molar-refractivity contribution in [2.45, 2.75) is 58.2 Å². The quantitative estimate of drug-likeness (QED) is 0.384. The molecule has 0 radical (unpaired) electrons. The van der Waals surface area contributed by atoms with E-state index >= 15 is 0 Å². The topological polar surface area (TPSA) is 125 Å². The van der Waals surface area contributed by atoms with E-state index in [-0.39, 0.29) is 13.0 Å². The van der Waals surface area contributed by atoms with Crippen LogP contribution in [0.2, 0.25) is 0 Å². The van der Waals surface area contributed by atoms with Crippen molar-refractivity contribution in [2.24, 2.45) is 0 Å². The average Bonchev–Trinajstić information content (AvgIpc) is 2.25. The molecule has 0 spiro atoms. The number of alkyl carbamates (subject to hydrolysis) is 1. The van der Waals surface area contributed by atoms with Crippen LogP contribution in [-0.2, 0) is 14.3 Å².